The van der Waals surface area contributed by atoms with Gasteiger partial charge >= 0.3 is 11.9 Å². The van der Waals surface area contributed by atoms with E-state index >= 15 is 0 Å². The van der Waals surface area contributed by atoms with E-state index in [9.17, 15) is 0 Å². The molecule has 0 aliphatic carbocycles. The Balaban J connectivity index is 0.000000527. The lowest BCUT2D eigenvalue weighted by molar-refractivity contribution is -0.159. The zero-order valence-electron chi connectivity index (χ0n) is 15.3. The maximum atomic E-state index is 9.10. The molecule has 0 saturated carbocycles. The molecule has 8 heteroatoms. The predicted octanol–water partition coefficient (Wildman–Crippen LogP) is 1.96. The highest BCUT2D eigenvalue weighted by Crippen LogP contribution is 2.10. The second-order valence-corrected chi connectivity index (χ2v) is 5.64. The normalized spacial score (nSPS) is 10.7. The van der Waals surface area contributed by atoms with Crippen LogP contribution in [0.3, 0.4) is 0 Å². The Morgan fingerprint density at radius 2 is 1.56 bits per heavy atom. The SMILES string of the molecule is CN(C)CCCO/N=C(/c1ccccc1)c1ccncc1.O=C(O)C(=O)O. The number of aliphatic carboxylic acids is 2. The van der Waals surface area contributed by atoms with Crippen molar-refractivity contribution in [1.82, 2.24) is 9.88 Å². The third kappa shape index (κ3) is 9.13. The second-order valence-electron chi connectivity index (χ2n) is 5.64. The van der Waals surface area contributed by atoms with Crippen molar-refractivity contribution in [3.8, 4) is 0 Å². The van der Waals surface area contributed by atoms with Crippen molar-refractivity contribution in [1.29, 1.82) is 0 Å². The van der Waals surface area contributed by atoms with Gasteiger partial charge in [0.25, 0.3) is 0 Å². The molecule has 0 spiro atoms. The standard InChI is InChI=1S/C17H21N3O.C2H2O4/c1-20(2)13-6-14-21-19-17(15-7-4-3-5-8-15)16-9-11-18-12-10-16;3-1(4)2(5)6/h3-5,7-12H,6,13-14H2,1-2H3;(H,3,4)(H,5,6)/b19-17-;. The van der Waals surface area contributed by atoms with Crippen molar-refractivity contribution >= 4 is 17.7 Å². The summed E-state index contributed by atoms with van der Waals surface area (Å²) in [7, 11) is 4.10. The van der Waals surface area contributed by atoms with Gasteiger partial charge in [-0.05, 0) is 32.6 Å². The minimum Gasteiger partial charge on any atom is -0.473 e. The first-order valence-corrected chi connectivity index (χ1v) is 8.18. The monoisotopic (exact) mass is 373 g/mol. The Kier molecular flexibility index (Phi) is 9.80. The fraction of sp³-hybridized carbons (Fsp3) is 0.263. The van der Waals surface area contributed by atoms with Crippen LogP contribution in [0.15, 0.2) is 60.0 Å². The lowest BCUT2D eigenvalue weighted by atomic mass is 10.0. The van der Waals surface area contributed by atoms with Gasteiger partial charge in [-0.3, -0.25) is 4.98 Å². The van der Waals surface area contributed by atoms with Crippen LogP contribution in [0.25, 0.3) is 0 Å². The lowest BCUT2D eigenvalue weighted by Gasteiger charge is -2.09. The van der Waals surface area contributed by atoms with Crippen LogP contribution < -0.4 is 0 Å². The van der Waals surface area contributed by atoms with Gasteiger partial charge in [0.15, 0.2) is 0 Å². The summed E-state index contributed by atoms with van der Waals surface area (Å²) in [5.41, 5.74) is 2.88. The second kappa shape index (κ2) is 12.2. The maximum absolute atomic E-state index is 9.10. The van der Waals surface area contributed by atoms with E-state index in [1.165, 1.54) is 0 Å². The van der Waals surface area contributed by atoms with Crippen molar-refractivity contribution < 1.29 is 24.6 Å². The van der Waals surface area contributed by atoms with Gasteiger partial charge < -0.3 is 20.0 Å². The molecular formula is C19H23N3O5. The summed E-state index contributed by atoms with van der Waals surface area (Å²) >= 11 is 0. The minimum absolute atomic E-state index is 0.611. The molecule has 0 fully saturated rings. The van der Waals surface area contributed by atoms with Gasteiger partial charge in [-0.15, -0.1) is 0 Å². The number of aromatic nitrogens is 1. The molecular weight excluding hydrogens is 350 g/mol. The highest BCUT2D eigenvalue weighted by atomic mass is 16.6. The molecule has 1 aromatic carbocycles. The molecule has 1 aromatic heterocycles. The molecule has 0 saturated heterocycles. The highest BCUT2D eigenvalue weighted by molar-refractivity contribution is 6.27. The molecule has 0 unspecified atom stereocenters. The zero-order chi connectivity index (χ0) is 20.1. The fourth-order valence-electron chi connectivity index (χ4n) is 1.93. The quantitative estimate of drug-likeness (QED) is 0.330. The number of oxime groups is 1. The summed E-state index contributed by atoms with van der Waals surface area (Å²) in [6.45, 7) is 1.60. The molecule has 0 bridgehead atoms. The Hall–Kier alpha value is -3.26. The minimum atomic E-state index is -1.82. The van der Waals surface area contributed by atoms with E-state index in [1.54, 1.807) is 12.4 Å². The smallest absolute Gasteiger partial charge is 0.414 e. The molecule has 27 heavy (non-hydrogen) atoms. The van der Waals surface area contributed by atoms with Crippen LogP contribution in [-0.2, 0) is 14.4 Å². The van der Waals surface area contributed by atoms with Gasteiger partial charge in [0.05, 0.1) is 0 Å². The van der Waals surface area contributed by atoms with Crippen LogP contribution in [0.2, 0.25) is 0 Å². The first kappa shape index (κ1) is 21.8. The van der Waals surface area contributed by atoms with Crippen molar-refractivity contribution in [3.05, 3.63) is 66.0 Å². The van der Waals surface area contributed by atoms with E-state index in [1.807, 2.05) is 42.5 Å². The molecule has 2 rings (SSSR count). The number of hydrogen-bond donors (Lipinski definition) is 2. The summed E-state index contributed by atoms with van der Waals surface area (Å²) < 4.78 is 0. The van der Waals surface area contributed by atoms with E-state index in [-0.39, 0.29) is 0 Å². The summed E-state index contributed by atoms with van der Waals surface area (Å²) in [4.78, 5) is 29.9. The van der Waals surface area contributed by atoms with Crippen molar-refractivity contribution in [2.75, 3.05) is 27.2 Å². The average molecular weight is 373 g/mol. The number of pyridine rings is 1. The summed E-state index contributed by atoms with van der Waals surface area (Å²) in [5.74, 6) is -3.65. The molecule has 2 aromatic rings. The van der Waals surface area contributed by atoms with E-state index in [0.717, 1.165) is 29.8 Å². The lowest BCUT2D eigenvalue weighted by Crippen LogP contribution is -2.14. The van der Waals surface area contributed by atoms with E-state index in [4.69, 9.17) is 24.6 Å². The van der Waals surface area contributed by atoms with Crippen LogP contribution in [0, 0.1) is 0 Å². The summed E-state index contributed by atoms with van der Waals surface area (Å²) in [6.07, 6.45) is 4.48. The Labute approximate surface area is 157 Å². The van der Waals surface area contributed by atoms with Gasteiger partial charge in [0.1, 0.15) is 12.3 Å². The molecule has 0 radical (unpaired) electrons. The number of carboxylic acids is 2. The average Bonchev–Trinajstić information content (AvgIpc) is 2.66. The van der Waals surface area contributed by atoms with Crippen molar-refractivity contribution in [3.63, 3.8) is 0 Å². The number of carbonyl (C=O) groups is 2. The number of benzene rings is 1. The van der Waals surface area contributed by atoms with Crippen LogP contribution in [0.5, 0.6) is 0 Å². The van der Waals surface area contributed by atoms with E-state index < -0.39 is 11.9 Å². The number of hydrogen-bond acceptors (Lipinski definition) is 6. The molecule has 144 valence electrons. The van der Waals surface area contributed by atoms with E-state index in [2.05, 4.69) is 29.1 Å². The van der Waals surface area contributed by atoms with Crippen molar-refractivity contribution in [2.45, 2.75) is 6.42 Å². The van der Waals surface area contributed by atoms with Gasteiger partial charge in [0, 0.05) is 30.1 Å². The Morgan fingerprint density at radius 1 is 1.00 bits per heavy atom. The first-order chi connectivity index (χ1) is 12.9. The molecule has 0 aliphatic rings. The van der Waals surface area contributed by atoms with Crippen LogP contribution in [-0.4, -0.2) is 65.0 Å². The summed E-state index contributed by atoms with van der Waals surface area (Å²) in [5, 5.41) is 19.1. The van der Waals surface area contributed by atoms with Crippen LogP contribution in [0.4, 0.5) is 0 Å². The molecule has 1 heterocycles. The largest absolute Gasteiger partial charge is 0.473 e. The highest BCUT2D eigenvalue weighted by Gasteiger charge is 2.07. The van der Waals surface area contributed by atoms with Gasteiger partial charge in [-0.25, -0.2) is 9.59 Å². The molecule has 0 amide bonds. The number of carboxylic acid groups (broad SMARTS) is 2. The van der Waals surface area contributed by atoms with E-state index in [0.29, 0.717) is 6.61 Å². The molecule has 8 nitrogen and oxygen atoms in total. The maximum Gasteiger partial charge on any atom is 0.414 e. The number of rotatable bonds is 7. The third-order valence-electron chi connectivity index (χ3n) is 3.18. The molecule has 2 N–H and O–H groups in total. The molecule has 0 aliphatic heterocycles. The first-order valence-electron chi connectivity index (χ1n) is 8.18. The van der Waals surface area contributed by atoms with Crippen LogP contribution >= 0.6 is 0 Å². The topological polar surface area (TPSA) is 112 Å². The Morgan fingerprint density at radius 3 is 2.07 bits per heavy atom. The Bertz CT molecular complexity index is 680. The zero-order valence-corrected chi connectivity index (χ0v) is 15.3. The molecule has 0 atom stereocenters. The van der Waals surface area contributed by atoms with Crippen molar-refractivity contribution in [2.24, 2.45) is 5.16 Å². The van der Waals surface area contributed by atoms with Crippen LogP contribution in [0.1, 0.15) is 17.5 Å². The van der Waals surface area contributed by atoms with Gasteiger partial charge in [-0.1, -0.05) is 35.5 Å². The summed E-state index contributed by atoms with van der Waals surface area (Å²) in [6, 6.07) is 13.9. The third-order valence-corrected chi connectivity index (χ3v) is 3.18. The number of nitrogens with zero attached hydrogens (tertiary/aromatic N) is 3. The predicted molar refractivity (Wildman–Crippen MR) is 101 cm³/mol. The van der Waals surface area contributed by atoms with Gasteiger partial charge in [-0.2, -0.15) is 0 Å². The van der Waals surface area contributed by atoms with Gasteiger partial charge in [0.2, 0.25) is 0 Å². The fourth-order valence-corrected chi connectivity index (χ4v) is 1.93.